The molecular weight excluding hydrogens is 386 g/mol. The summed E-state index contributed by atoms with van der Waals surface area (Å²) in [5, 5.41) is 6.61. The van der Waals surface area contributed by atoms with Crippen LogP contribution in [-0.2, 0) is 0 Å². The highest BCUT2D eigenvalue weighted by atomic mass is 79.9. The SMILES string of the molecule is C=C(C)CN=c1scc(-c2ccc(Br)cc2)n1N=Cc1ccco1. The molecule has 0 saturated heterocycles. The Labute approximate surface area is 152 Å². The summed E-state index contributed by atoms with van der Waals surface area (Å²) in [5.41, 5.74) is 3.06. The molecule has 24 heavy (non-hydrogen) atoms. The number of benzene rings is 1. The van der Waals surface area contributed by atoms with E-state index in [0.717, 1.165) is 26.1 Å². The van der Waals surface area contributed by atoms with Gasteiger partial charge in [-0.2, -0.15) is 5.10 Å². The first kappa shape index (κ1) is 16.7. The minimum Gasteiger partial charge on any atom is -0.463 e. The van der Waals surface area contributed by atoms with E-state index in [1.165, 1.54) is 0 Å². The molecule has 0 saturated carbocycles. The van der Waals surface area contributed by atoms with E-state index in [-0.39, 0.29) is 0 Å². The Morgan fingerprint density at radius 1 is 1.33 bits per heavy atom. The Balaban J connectivity index is 2.06. The molecule has 4 nitrogen and oxygen atoms in total. The van der Waals surface area contributed by atoms with Crippen molar-refractivity contribution >= 4 is 33.5 Å². The van der Waals surface area contributed by atoms with Crippen LogP contribution in [0.4, 0.5) is 0 Å². The first-order valence-corrected chi connectivity index (χ1v) is 9.00. The van der Waals surface area contributed by atoms with E-state index in [9.17, 15) is 0 Å². The molecule has 0 atom stereocenters. The van der Waals surface area contributed by atoms with Gasteiger partial charge in [0.05, 0.1) is 24.7 Å². The summed E-state index contributed by atoms with van der Waals surface area (Å²) >= 11 is 5.02. The second-order valence-electron chi connectivity index (χ2n) is 5.26. The van der Waals surface area contributed by atoms with Crippen molar-refractivity contribution in [2.75, 3.05) is 6.54 Å². The van der Waals surface area contributed by atoms with Crippen LogP contribution in [-0.4, -0.2) is 17.4 Å². The number of aromatic nitrogens is 1. The summed E-state index contributed by atoms with van der Waals surface area (Å²) in [6.07, 6.45) is 3.32. The first-order valence-electron chi connectivity index (χ1n) is 7.33. The summed E-state index contributed by atoms with van der Waals surface area (Å²) in [6, 6.07) is 11.8. The largest absolute Gasteiger partial charge is 0.463 e. The summed E-state index contributed by atoms with van der Waals surface area (Å²) in [6.45, 7) is 6.45. The Hall–Kier alpha value is -2.18. The van der Waals surface area contributed by atoms with Crippen molar-refractivity contribution in [1.29, 1.82) is 0 Å². The van der Waals surface area contributed by atoms with Crippen LogP contribution in [0.1, 0.15) is 12.7 Å². The van der Waals surface area contributed by atoms with Crippen LogP contribution in [0.2, 0.25) is 0 Å². The van der Waals surface area contributed by atoms with Crippen LogP contribution in [0.5, 0.6) is 0 Å². The number of thiazole rings is 1. The zero-order valence-corrected chi connectivity index (χ0v) is 15.5. The van der Waals surface area contributed by atoms with Crippen molar-refractivity contribution in [3.63, 3.8) is 0 Å². The van der Waals surface area contributed by atoms with E-state index in [1.807, 2.05) is 48.0 Å². The van der Waals surface area contributed by atoms with Crippen molar-refractivity contribution in [1.82, 2.24) is 4.68 Å². The fourth-order valence-electron chi connectivity index (χ4n) is 2.02. The molecule has 0 aliphatic heterocycles. The Morgan fingerprint density at radius 2 is 2.12 bits per heavy atom. The number of hydrogen-bond acceptors (Lipinski definition) is 4. The highest BCUT2D eigenvalue weighted by molar-refractivity contribution is 9.10. The van der Waals surface area contributed by atoms with Crippen LogP contribution in [0.3, 0.4) is 0 Å². The summed E-state index contributed by atoms with van der Waals surface area (Å²) in [5.74, 6) is 0.696. The van der Waals surface area contributed by atoms with E-state index in [0.29, 0.717) is 12.3 Å². The average molecular weight is 402 g/mol. The molecule has 2 heterocycles. The molecule has 1 aromatic carbocycles. The van der Waals surface area contributed by atoms with Crippen molar-refractivity contribution in [3.8, 4) is 11.3 Å². The molecule has 0 fully saturated rings. The van der Waals surface area contributed by atoms with Gasteiger partial charge in [-0.1, -0.05) is 40.2 Å². The van der Waals surface area contributed by atoms with Gasteiger partial charge in [-0.25, -0.2) is 4.68 Å². The lowest BCUT2D eigenvalue weighted by atomic mass is 10.2. The number of furan rings is 1. The van der Waals surface area contributed by atoms with Crippen LogP contribution >= 0.6 is 27.3 Å². The topological polar surface area (TPSA) is 42.8 Å². The molecule has 0 aliphatic rings. The number of halogens is 1. The molecule has 3 rings (SSSR count). The van der Waals surface area contributed by atoms with E-state index < -0.39 is 0 Å². The summed E-state index contributed by atoms with van der Waals surface area (Å²) in [7, 11) is 0. The fraction of sp³-hybridized carbons (Fsp3) is 0.111. The molecule has 0 N–H and O–H groups in total. The third kappa shape index (κ3) is 4.01. The lowest BCUT2D eigenvalue weighted by molar-refractivity contribution is 0.559. The zero-order valence-electron chi connectivity index (χ0n) is 13.1. The predicted octanol–water partition coefficient (Wildman–Crippen LogP) is 4.93. The maximum atomic E-state index is 5.32. The maximum Gasteiger partial charge on any atom is 0.206 e. The van der Waals surface area contributed by atoms with Gasteiger partial charge in [0.1, 0.15) is 5.76 Å². The van der Waals surface area contributed by atoms with Gasteiger partial charge < -0.3 is 4.42 Å². The summed E-state index contributed by atoms with van der Waals surface area (Å²) < 4.78 is 8.19. The molecule has 0 spiro atoms. The van der Waals surface area contributed by atoms with Crippen LogP contribution in [0.25, 0.3) is 11.3 Å². The maximum absolute atomic E-state index is 5.32. The molecule has 2 aromatic heterocycles. The van der Waals surface area contributed by atoms with Gasteiger partial charge in [-0.3, -0.25) is 4.99 Å². The van der Waals surface area contributed by atoms with Gasteiger partial charge in [0.15, 0.2) is 0 Å². The highest BCUT2D eigenvalue weighted by Crippen LogP contribution is 2.22. The second kappa shape index (κ2) is 7.59. The molecule has 0 aliphatic carbocycles. The molecule has 0 amide bonds. The van der Waals surface area contributed by atoms with E-state index in [4.69, 9.17) is 4.42 Å². The Morgan fingerprint density at radius 3 is 2.79 bits per heavy atom. The van der Waals surface area contributed by atoms with Gasteiger partial charge in [0.25, 0.3) is 0 Å². The number of rotatable bonds is 5. The quantitative estimate of drug-likeness (QED) is 0.441. The van der Waals surface area contributed by atoms with Crippen molar-refractivity contribution in [3.05, 3.63) is 75.2 Å². The summed E-state index contributed by atoms with van der Waals surface area (Å²) in [4.78, 5) is 5.42. The molecule has 6 heteroatoms. The van der Waals surface area contributed by atoms with Gasteiger partial charge in [0, 0.05) is 15.4 Å². The normalized spacial score (nSPS) is 12.2. The van der Waals surface area contributed by atoms with Gasteiger partial charge in [0.2, 0.25) is 4.80 Å². The standard InChI is InChI=1S/C18H16BrN3OS/c1-13(2)10-20-18-22(21-11-16-4-3-9-23-16)17(12-24-18)14-5-7-15(19)8-6-14/h3-9,11-12H,1,10H2,2H3. The average Bonchev–Trinajstić information content (AvgIpc) is 3.21. The minimum atomic E-state index is 0.580. The second-order valence-corrected chi connectivity index (χ2v) is 7.01. The van der Waals surface area contributed by atoms with Crippen molar-refractivity contribution < 1.29 is 4.42 Å². The fourth-order valence-corrected chi connectivity index (χ4v) is 3.12. The van der Waals surface area contributed by atoms with Gasteiger partial charge >= 0.3 is 0 Å². The zero-order chi connectivity index (χ0) is 16.9. The molecule has 3 aromatic rings. The third-order valence-corrected chi connectivity index (χ3v) is 4.54. The molecule has 0 unspecified atom stereocenters. The molecule has 0 bridgehead atoms. The van der Waals surface area contributed by atoms with E-state index in [2.05, 4.69) is 38.0 Å². The monoisotopic (exact) mass is 401 g/mol. The Bertz CT molecular complexity index is 918. The van der Waals surface area contributed by atoms with Crippen LogP contribution in [0, 0.1) is 0 Å². The first-order chi connectivity index (χ1) is 11.6. The van der Waals surface area contributed by atoms with Gasteiger partial charge in [-0.05, 0) is 31.2 Å². The molecule has 122 valence electrons. The smallest absolute Gasteiger partial charge is 0.206 e. The minimum absolute atomic E-state index is 0.580. The van der Waals surface area contributed by atoms with E-state index >= 15 is 0 Å². The number of nitrogens with zero attached hydrogens (tertiary/aromatic N) is 3. The van der Waals surface area contributed by atoms with Crippen LogP contribution < -0.4 is 4.80 Å². The molecule has 0 radical (unpaired) electrons. The van der Waals surface area contributed by atoms with Gasteiger partial charge in [-0.15, -0.1) is 11.3 Å². The third-order valence-electron chi connectivity index (χ3n) is 3.15. The van der Waals surface area contributed by atoms with Crippen molar-refractivity contribution in [2.45, 2.75) is 6.92 Å². The van der Waals surface area contributed by atoms with Crippen molar-refractivity contribution in [2.24, 2.45) is 10.1 Å². The lowest BCUT2D eigenvalue weighted by Crippen LogP contribution is -2.12. The van der Waals surface area contributed by atoms with E-state index in [1.54, 1.807) is 23.8 Å². The lowest BCUT2D eigenvalue weighted by Gasteiger charge is -2.03. The highest BCUT2D eigenvalue weighted by Gasteiger charge is 2.07. The predicted molar refractivity (Wildman–Crippen MR) is 102 cm³/mol. The molecular formula is C18H16BrN3OS. The van der Waals surface area contributed by atoms with Crippen LogP contribution in [0.15, 0.2) is 79.2 Å². The number of hydrogen-bond donors (Lipinski definition) is 0. The Kier molecular flexibility index (Phi) is 5.27.